The molecule has 4 fully saturated rings. The van der Waals surface area contributed by atoms with E-state index in [9.17, 15) is 23.6 Å². The van der Waals surface area contributed by atoms with E-state index in [0.29, 0.717) is 41.4 Å². The van der Waals surface area contributed by atoms with Crippen LogP contribution in [0.2, 0.25) is 0 Å². The third-order valence-electron chi connectivity index (χ3n) is 12.2. The number of aromatic nitrogens is 5. The molecule has 1 aliphatic carbocycles. The molecule has 4 N–H and O–H groups in total. The van der Waals surface area contributed by atoms with Crippen LogP contribution >= 0.6 is 0 Å². The summed E-state index contributed by atoms with van der Waals surface area (Å²) < 4.78 is 18.1. The minimum atomic E-state index is -0.999. The summed E-state index contributed by atoms with van der Waals surface area (Å²) in [6.07, 6.45) is 3.63. The van der Waals surface area contributed by atoms with Crippen molar-refractivity contribution in [2.24, 2.45) is 13.0 Å². The molecule has 3 aromatic heterocycles. The Kier molecular flexibility index (Phi) is 10.1. The molecule has 4 aliphatic rings. The van der Waals surface area contributed by atoms with Crippen LogP contribution in [0.25, 0.3) is 16.7 Å². The van der Waals surface area contributed by atoms with E-state index < -0.39 is 30.1 Å². The van der Waals surface area contributed by atoms with Crippen LogP contribution < -0.4 is 31.9 Å². The largest absolute Gasteiger partial charge is 0.385 e. The van der Waals surface area contributed by atoms with E-state index >= 15 is 0 Å². The predicted octanol–water partition coefficient (Wildman–Crippen LogP) is 3.02. The van der Waals surface area contributed by atoms with Crippen molar-refractivity contribution in [2.45, 2.75) is 56.9 Å². The first-order valence-corrected chi connectivity index (χ1v) is 20.2. The standard InChI is InChI=1S/C41H49FN12O4/c1-43-31-21-36(48-54-35(22-44-38(31)54)40(57)46-30-20-29(30)42)45-27-5-3-4-26(18-27)24-50-12-10-25(11-13-50)23-51-14-16-52(17-15-51)28-6-7-32-34(19-28)49(2)41(58)53(32)33-8-9-37(55)47-39(33)56/h3-7,18-19,21-22,25,29-30,33,43H,8-17,20,23-24H2,1-2H3,(H,45,48)(H,46,57)(H,47,55,56)/t29-,30+,33?/m0/s1. The molecule has 16 nitrogen and oxygen atoms in total. The molecule has 58 heavy (non-hydrogen) atoms. The van der Waals surface area contributed by atoms with Crippen molar-refractivity contribution in [1.82, 2.24) is 44.2 Å². The fourth-order valence-electron chi connectivity index (χ4n) is 8.74. The summed E-state index contributed by atoms with van der Waals surface area (Å²) in [6.45, 7) is 7.77. The normalized spacial score (nSPS) is 22.1. The first-order valence-electron chi connectivity index (χ1n) is 20.2. The quantitative estimate of drug-likeness (QED) is 0.145. The number of amides is 3. The van der Waals surface area contributed by atoms with E-state index in [1.165, 1.54) is 20.8 Å². The Labute approximate surface area is 334 Å². The molecule has 0 radical (unpaired) electrons. The fraction of sp³-hybridized carbons (Fsp3) is 0.463. The molecule has 5 aromatic rings. The molecule has 6 heterocycles. The molecule has 9 rings (SSSR count). The van der Waals surface area contributed by atoms with Crippen molar-refractivity contribution in [3.05, 3.63) is 76.5 Å². The number of halogens is 1. The summed E-state index contributed by atoms with van der Waals surface area (Å²) in [6, 6.07) is 15.0. The summed E-state index contributed by atoms with van der Waals surface area (Å²) in [5.74, 6) is 0.0715. The number of hydrogen-bond donors (Lipinski definition) is 4. The van der Waals surface area contributed by atoms with E-state index in [0.717, 1.165) is 82.1 Å². The van der Waals surface area contributed by atoms with Gasteiger partial charge in [-0.1, -0.05) is 12.1 Å². The zero-order chi connectivity index (χ0) is 40.1. The van der Waals surface area contributed by atoms with E-state index in [4.69, 9.17) is 0 Å². The highest BCUT2D eigenvalue weighted by atomic mass is 19.1. The number of carbonyl (C=O) groups is 3. The van der Waals surface area contributed by atoms with Gasteiger partial charge in [0.05, 0.1) is 29.0 Å². The Morgan fingerprint density at radius 3 is 2.48 bits per heavy atom. The van der Waals surface area contributed by atoms with Crippen molar-refractivity contribution in [3.8, 4) is 0 Å². The second-order valence-corrected chi connectivity index (χ2v) is 16.1. The average molecular weight is 793 g/mol. The minimum Gasteiger partial charge on any atom is -0.385 e. The lowest BCUT2D eigenvalue weighted by molar-refractivity contribution is -0.135. The maximum atomic E-state index is 13.5. The van der Waals surface area contributed by atoms with Crippen molar-refractivity contribution >= 4 is 57.3 Å². The summed E-state index contributed by atoms with van der Waals surface area (Å²) >= 11 is 0. The lowest BCUT2D eigenvalue weighted by Crippen LogP contribution is -2.48. The Morgan fingerprint density at radius 1 is 0.948 bits per heavy atom. The molecule has 3 atom stereocenters. The van der Waals surface area contributed by atoms with E-state index in [1.54, 1.807) is 18.7 Å². The maximum Gasteiger partial charge on any atom is 0.329 e. The van der Waals surface area contributed by atoms with E-state index in [-0.39, 0.29) is 23.7 Å². The number of alkyl halides is 1. The lowest BCUT2D eigenvalue weighted by atomic mass is 9.95. The molecule has 1 saturated carbocycles. The number of aryl methyl sites for hydroxylation is 1. The summed E-state index contributed by atoms with van der Waals surface area (Å²) in [7, 11) is 3.52. The predicted molar refractivity (Wildman–Crippen MR) is 218 cm³/mol. The number of nitrogens with zero attached hydrogens (tertiary/aromatic N) is 8. The van der Waals surface area contributed by atoms with E-state index in [1.807, 2.05) is 36.4 Å². The number of anilines is 4. The lowest BCUT2D eigenvalue weighted by Gasteiger charge is -2.39. The smallest absolute Gasteiger partial charge is 0.329 e. The summed E-state index contributed by atoms with van der Waals surface area (Å²) in [5.41, 5.74) is 5.85. The molecule has 17 heteroatoms. The first kappa shape index (κ1) is 37.7. The van der Waals surface area contributed by atoms with Crippen LogP contribution in [-0.4, -0.2) is 116 Å². The first-order chi connectivity index (χ1) is 28.1. The van der Waals surface area contributed by atoms with Crippen LogP contribution in [0.4, 0.5) is 27.3 Å². The van der Waals surface area contributed by atoms with Gasteiger partial charge in [-0.15, -0.1) is 5.10 Å². The number of piperidine rings is 2. The van der Waals surface area contributed by atoms with Gasteiger partial charge in [-0.25, -0.2) is 18.7 Å². The number of hydrogen-bond acceptors (Lipinski definition) is 11. The van der Waals surface area contributed by atoms with Crippen LogP contribution in [0.1, 0.15) is 54.2 Å². The number of imidazole rings is 2. The molecule has 304 valence electrons. The van der Waals surface area contributed by atoms with Gasteiger partial charge in [0.15, 0.2) is 17.2 Å². The van der Waals surface area contributed by atoms with Gasteiger partial charge in [0.1, 0.15) is 12.2 Å². The SMILES string of the molecule is CNc1cc(Nc2cccc(CN3CCC(CN4CCN(c5ccc6c(c5)n(C)c(=O)n6C5CCC(=O)NC5=O)CC4)CC3)c2)nn2c(C(=O)N[C@@H]3C[C@@H]3F)cnc12. The van der Waals surface area contributed by atoms with Crippen LogP contribution in [0.15, 0.2) is 59.5 Å². The molecule has 3 amide bonds. The molecular weight excluding hydrogens is 744 g/mol. The van der Waals surface area contributed by atoms with Gasteiger partial charge >= 0.3 is 5.69 Å². The molecule has 0 bridgehead atoms. The number of fused-ring (bicyclic) bond motifs is 2. The van der Waals surface area contributed by atoms with Crippen LogP contribution in [-0.2, 0) is 23.2 Å². The number of nitrogens with one attached hydrogen (secondary N) is 4. The molecular formula is C41H49FN12O4. The molecule has 3 aliphatic heterocycles. The van der Waals surface area contributed by atoms with Crippen molar-refractivity contribution in [1.29, 1.82) is 0 Å². The second kappa shape index (κ2) is 15.5. The van der Waals surface area contributed by atoms with Gasteiger partial charge in [-0.3, -0.25) is 38.6 Å². The zero-order valence-electron chi connectivity index (χ0n) is 32.8. The molecule has 0 spiro atoms. The molecule has 3 saturated heterocycles. The maximum absolute atomic E-state index is 13.5. The second-order valence-electron chi connectivity index (χ2n) is 16.1. The van der Waals surface area contributed by atoms with Gasteiger partial charge in [-0.2, -0.15) is 0 Å². The van der Waals surface area contributed by atoms with Gasteiger partial charge in [0.25, 0.3) is 5.91 Å². The number of likely N-dealkylation sites (tertiary alicyclic amines) is 1. The van der Waals surface area contributed by atoms with Gasteiger partial charge in [-0.05, 0) is 74.2 Å². The third kappa shape index (κ3) is 7.51. The van der Waals surface area contributed by atoms with Crippen molar-refractivity contribution in [3.63, 3.8) is 0 Å². The average Bonchev–Trinajstić information content (AvgIpc) is 3.63. The van der Waals surface area contributed by atoms with Crippen LogP contribution in [0.3, 0.4) is 0 Å². The Bertz CT molecular complexity index is 2440. The van der Waals surface area contributed by atoms with Gasteiger partial charge in [0, 0.05) is 83.6 Å². The summed E-state index contributed by atoms with van der Waals surface area (Å²) in [5, 5.41) is 16.3. The van der Waals surface area contributed by atoms with Crippen molar-refractivity contribution < 1.29 is 18.8 Å². The summed E-state index contributed by atoms with van der Waals surface area (Å²) in [4.78, 5) is 62.2. The van der Waals surface area contributed by atoms with E-state index in [2.05, 4.69) is 58.2 Å². The zero-order valence-corrected chi connectivity index (χ0v) is 32.8. The van der Waals surface area contributed by atoms with Crippen LogP contribution in [0, 0.1) is 5.92 Å². The number of benzene rings is 2. The number of imide groups is 1. The monoisotopic (exact) mass is 792 g/mol. The Morgan fingerprint density at radius 2 is 1.74 bits per heavy atom. The topological polar surface area (TPSA) is 166 Å². The van der Waals surface area contributed by atoms with Gasteiger partial charge in [0.2, 0.25) is 11.8 Å². The number of carbonyl (C=O) groups excluding carboxylic acids is 3. The highest BCUT2D eigenvalue weighted by molar-refractivity contribution is 6.00. The third-order valence-corrected chi connectivity index (χ3v) is 12.2. The number of rotatable bonds is 11. The Balaban J connectivity index is 0.766. The minimum absolute atomic E-state index is 0.218. The van der Waals surface area contributed by atoms with Crippen LogP contribution in [0.5, 0.6) is 0 Å². The number of piperazine rings is 1. The fourth-order valence-corrected chi connectivity index (χ4v) is 8.74. The van der Waals surface area contributed by atoms with Gasteiger partial charge < -0.3 is 20.9 Å². The van der Waals surface area contributed by atoms with Crippen molar-refractivity contribution in [2.75, 3.05) is 68.4 Å². The highest BCUT2D eigenvalue weighted by Crippen LogP contribution is 2.29. The Hall–Kier alpha value is -5.81. The highest BCUT2D eigenvalue weighted by Gasteiger charge is 2.39. The molecule has 1 unspecified atom stereocenters. The molecule has 2 aromatic carbocycles.